The van der Waals surface area contributed by atoms with E-state index < -0.39 is 0 Å². The van der Waals surface area contributed by atoms with Crippen LogP contribution < -0.4 is 16.4 Å². The molecule has 86 valence electrons. The fourth-order valence-electron chi connectivity index (χ4n) is 1.42. The van der Waals surface area contributed by atoms with Crippen molar-refractivity contribution in [3.8, 4) is 0 Å². The molecule has 0 aliphatic rings. The van der Waals surface area contributed by atoms with Gasteiger partial charge in [-0.05, 0) is 58.9 Å². The average Bonchev–Trinajstić information content (AvgIpc) is 2.21. The number of hydrogen-bond donors (Lipinski definition) is 3. The fraction of sp³-hybridized carbons (Fsp3) is 1.00. The van der Waals surface area contributed by atoms with Gasteiger partial charge in [-0.2, -0.15) is 0 Å². The van der Waals surface area contributed by atoms with Crippen molar-refractivity contribution < 1.29 is 0 Å². The molecule has 4 N–H and O–H groups in total. The molecule has 0 saturated heterocycles. The van der Waals surface area contributed by atoms with Crippen LogP contribution in [0.4, 0.5) is 0 Å². The minimum absolute atomic E-state index is 0.837. The summed E-state index contributed by atoms with van der Waals surface area (Å²) in [6.45, 7) is 4.32. The van der Waals surface area contributed by atoms with Crippen molar-refractivity contribution in [2.24, 2.45) is 5.73 Å². The molecular weight excluding hydrogens is 174 g/mol. The van der Waals surface area contributed by atoms with Gasteiger partial charge in [0.2, 0.25) is 0 Å². The number of unbranched alkanes of at least 4 members (excludes halogenated alkanes) is 4. The Hall–Kier alpha value is -0.120. The zero-order valence-corrected chi connectivity index (χ0v) is 9.65. The summed E-state index contributed by atoms with van der Waals surface area (Å²) in [5, 5.41) is 6.62. The summed E-state index contributed by atoms with van der Waals surface area (Å²) in [5.41, 5.74) is 5.41. The van der Waals surface area contributed by atoms with Crippen LogP contribution in [0.1, 0.15) is 38.5 Å². The van der Waals surface area contributed by atoms with E-state index in [1.807, 2.05) is 7.05 Å². The van der Waals surface area contributed by atoms with Crippen LogP contribution in [0.15, 0.2) is 0 Å². The normalized spacial score (nSPS) is 10.7. The van der Waals surface area contributed by atoms with Gasteiger partial charge in [-0.1, -0.05) is 12.8 Å². The Morgan fingerprint density at radius 1 is 0.786 bits per heavy atom. The average molecular weight is 201 g/mol. The van der Waals surface area contributed by atoms with Gasteiger partial charge in [0.1, 0.15) is 0 Å². The summed E-state index contributed by atoms with van der Waals surface area (Å²) in [5.74, 6) is 0. The van der Waals surface area contributed by atoms with Crippen LogP contribution in [-0.4, -0.2) is 33.2 Å². The summed E-state index contributed by atoms with van der Waals surface area (Å²) in [4.78, 5) is 0. The fourth-order valence-corrected chi connectivity index (χ4v) is 1.42. The van der Waals surface area contributed by atoms with E-state index in [1.54, 1.807) is 0 Å². The Balaban J connectivity index is 2.78. The molecule has 0 heterocycles. The number of hydrogen-bond acceptors (Lipinski definition) is 3. The lowest BCUT2D eigenvalue weighted by Crippen LogP contribution is -2.17. The molecule has 0 spiro atoms. The Morgan fingerprint density at radius 3 is 1.93 bits per heavy atom. The van der Waals surface area contributed by atoms with Crippen LogP contribution in [0.5, 0.6) is 0 Å². The maximum absolute atomic E-state index is 5.41. The molecule has 14 heavy (non-hydrogen) atoms. The Morgan fingerprint density at radius 2 is 1.36 bits per heavy atom. The smallest absolute Gasteiger partial charge is 0.00489 e. The molecule has 0 bridgehead atoms. The SMILES string of the molecule is CNCCCCCNCCCCCN. The first-order valence-corrected chi connectivity index (χ1v) is 5.97. The van der Waals surface area contributed by atoms with Crippen molar-refractivity contribution in [2.45, 2.75) is 38.5 Å². The van der Waals surface area contributed by atoms with Crippen LogP contribution in [0.3, 0.4) is 0 Å². The molecule has 3 nitrogen and oxygen atoms in total. The van der Waals surface area contributed by atoms with Crippen LogP contribution in [0.25, 0.3) is 0 Å². The van der Waals surface area contributed by atoms with E-state index in [0.717, 1.165) is 19.6 Å². The minimum atomic E-state index is 0.837. The van der Waals surface area contributed by atoms with Gasteiger partial charge in [0, 0.05) is 0 Å². The first-order valence-electron chi connectivity index (χ1n) is 5.97. The van der Waals surface area contributed by atoms with Crippen molar-refractivity contribution in [1.82, 2.24) is 10.6 Å². The molecule has 0 aromatic rings. The van der Waals surface area contributed by atoms with E-state index in [9.17, 15) is 0 Å². The van der Waals surface area contributed by atoms with Gasteiger partial charge in [0.05, 0.1) is 0 Å². The molecule has 0 aromatic heterocycles. The number of nitrogens with one attached hydrogen (secondary N) is 2. The number of rotatable bonds is 11. The lowest BCUT2D eigenvalue weighted by atomic mass is 10.2. The maximum Gasteiger partial charge on any atom is -0.00489 e. The van der Waals surface area contributed by atoms with Crippen molar-refractivity contribution in [3.63, 3.8) is 0 Å². The second-order valence-electron chi connectivity index (χ2n) is 3.76. The molecule has 0 aromatic carbocycles. The van der Waals surface area contributed by atoms with Gasteiger partial charge in [0.25, 0.3) is 0 Å². The van der Waals surface area contributed by atoms with E-state index in [4.69, 9.17) is 5.73 Å². The van der Waals surface area contributed by atoms with Gasteiger partial charge >= 0.3 is 0 Å². The van der Waals surface area contributed by atoms with E-state index in [0.29, 0.717) is 0 Å². The highest BCUT2D eigenvalue weighted by atomic mass is 14.8. The van der Waals surface area contributed by atoms with E-state index >= 15 is 0 Å². The molecule has 0 amide bonds. The highest BCUT2D eigenvalue weighted by molar-refractivity contribution is 4.51. The van der Waals surface area contributed by atoms with Crippen LogP contribution in [0.2, 0.25) is 0 Å². The summed E-state index contributed by atoms with van der Waals surface area (Å²) in [6.07, 6.45) is 7.64. The molecular formula is C11H27N3. The van der Waals surface area contributed by atoms with E-state index in [-0.39, 0.29) is 0 Å². The van der Waals surface area contributed by atoms with Gasteiger partial charge in [-0.15, -0.1) is 0 Å². The lowest BCUT2D eigenvalue weighted by Gasteiger charge is -2.04. The van der Waals surface area contributed by atoms with Crippen molar-refractivity contribution >= 4 is 0 Å². The lowest BCUT2D eigenvalue weighted by molar-refractivity contribution is 0.565. The van der Waals surface area contributed by atoms with Crippen LogP contribution in [-0.2, 0) is 0 Å². The molecule has 0 unspecified atom stereocenters. The molecule has 0 saturated carbocycles. The summed E-state index contributed by atoms with van der Waals surface area (Å²) in [6, 6.07) is 0. The largest absolute Gasteiger partial charge is 0.330 e. The van der Waals surface area contributed by atoms with Crippen LogP contribution >= 0.6 is 0 Å². The molecule has 3 heteroatoms. The standard InChI is InChI=1S/C11H27N3/c1-13-9-5-3-7-11-14-10-6-2-4-8-12/h13-14H,2-12H2,1H3. The first-order chi connectivity index (χ1) is 6.91. The van der Waals surface area contributed by atoms with E-state index in [1.165, 1.54) is 45.1 Å². The molecule has 0 aliphatic carbocycles. The van der Waals surface area contributed by atoms with Gasteiger partial charge in [0.15, 0.2) is 0 Å². The van der Waals surface area contributed by atoms with Gasteiger partial charge in [-0.25, -0.2) is 0 Å². The third kappa shape index (κ3) is 11.9. The van der Waals surface area contributed by atoms with Crippen LogP contribution in [0, 0.1) is 0 Å². The summed E-state index contributed by atoms with van der Waals surface area (Å²) in [7, 11) is 2.01. The monoisotopic (exact) mass is 201 g/mol. The second kappa shape index (κ2) is 12.9. The maximum atomic E-state index is 5.41. The highest BCUT2D eigenvalue weighted by Gasteiger charge is 1.90. The van der Waals surface area contributed by atoms with Crippen molar-refractivity contribution in [3.05, 3.63) is 0 Å². The summed E-state index contributed by atoms with van der Waals surface area (Å²) < 4.78 is 0. The first kappa shape index (κ1) is 13.9. The van der Waals surface area contributed by atoms with Crippen molar-refractivity contribution in [2.75, 3.05) is 33.2 Å². The molecule has 0 aliphatic heterocycles. The van der Waals surface area contributed by atoms with Gasteiger partial charge in [-0.3, -0.25) is 0 Å². The third-order valence-electron chi connectivity index (χ3n) is 2.34. The quantitative estimate of drug-likeness (QED) is 0.439. The molecule has 0 rings (SSSR count). The zero-order valence-electron chi connectivity index (χ0n) is 9.65. The van der Waals surface area contributed by atoms with Crippen molar-refractivity contribution in [1.29, 1.82) is 0 Å². The minimum Gasteiger partial charge on any atom is -0.330 e. The zero-order chi connectivity index (χ0) is 10.5. The summed E-state index contributed by atoms with van der Waals surface area (Å²) >= 11 is 0. The van der Waals surface area contributed by atoms with E-state index in [2.05, 4.69) is 10.6 Å². The Kier molecular flexibility index (Phi) is 12.8. The predicted octanol–water partition coefficient (Wildman–Crippen LogP) is 1.09. The molecule has 0 radical (unpaired) electrons. The number of nitrogens with two attached hydrogens (primary N) is 1. The molecule has 0 fully saturated rings. The highest BCUT2D eigenvalue weighted by Crippen LogP contribution is 1.93. The second-order valence-corrected chi connectivity index (χ2v) is 3.76. The third-order valence-corrected chi connectivity index (χ3v) is 2.34. The molecule has 0 atom stereocenters. The topological polar surface area (TPSA) is 50.1 Å². The Labute approximate surface area is 88.8 Å². The van der Waals surface area contributed by atoms with Gasteiger partial charge < -0.3 is 16.4 Å². The Bertz CT molecular complexity index is 84.5. The predicted molar refractivity (Wildman–Crippen MR) is 63.6 cm³/mol.